The van der Waals surface area contributed by atoms with Crippen LogP contribution < -0.4 is 5.32 Å². The van der Waals surface area contributed by atoms with Crippen LogP contribution in [0.4, 0.5) is 11.4 Å². The maximum absolute atomic E-state index is 10.8. The Labute approximate surface area is 113 Å². The summed E-state index contributed by atoms with van der Waals surface area (Å²) in [6, 6.07) is 1.65. The third-order valence-corrected chi connectivity index (χ3v) is 3.62. The van der Waals surface area contributed by atoms with Crippen molar-refractivity contribution >= 4 is 11.4 Å². The summed E-state index contributed by atoms with van der Waals surface area (Å²) < 4.78 is 0. The number of piperidine rings is 1. The van der Waals surface area contributed by atoms with Crippen LogP contribution in [0.15, 0.2) is 18.5 Å². The molecule has 0 bridgehead atoms. The summed E-state index contributed by atoms with van der Waals surface area (Å²) >= 11 is 0. The molecule has 104 valence electrons. The fourth-order valence-corrected chi connectivity index (χ4v) is 2.32. The van der Waals surface area contributed by atoms with Gasteiger partial charge in [0.15, 0.2) is 0 Å². The minimum absolute atomic E-state index is 0.0368. The molecule has 0 amide bonds. The van der Waals surface area contributed by atoms with Crippen molar-refractivity contribution in [3.63, 3.8) is 0 Å². The zero-order valence-corrected chi connectivity index (χ0v) is 11.2. The highest BCUT2D eigenvalue weighted by Gasteiger charge is 2.16. The van der Waals surface area contributed by atoms with Crippen molar-refractivity contribution in [2.45, 2.75) is 19.8 Å². The number of rotatable bonds is 5. The van der Waals surface area contributed by atoms with E-state index in [-0.39, 0.29) is 5.69 Å². The number of nitrogens with zero attached hydrogens (tertiary/aromatic N) is 3. The lowest BCUT2D eigenvalue weighted by Gasteiger charge is -2.30. The van der Waals surface area contributed by atoms with Gasteiger partial charge in [-0.3, -0.25) is 15.1 Å². The van der Waals surface area contributed by atoms with Gasteiger partial charge in [-0.1, -0.05) is 6.92 Å². The van der Waals surface area contributed by atoms with Gasteiger partial charge in [-0.25, -0.2) is 0 Å². The first-order chi connectivity index (χ1) is 9.16. The molecule has 1 aromatic rings. The minimum atomic E-state index is -0.405. The highest BCUT2D eigenvalue weighted by atomic mass is 16.6. The van der Waals surface area contributed by atoms with Gasteiger partial charge >= 0.3 is 5.69 Å². The van der Waals surface area contributed by atoms with Crippen molar-refractivity contribution in [2.75, 3.05) is 31.5 Å². The van der Waals surface area contributed by atoms with E-state index < -0.39 is 4.92 Å². The maximum atomic E-state index is 10.8. The highest BCUT2D eigenvalue weighted by Crippen LogP contribution is 2.21. The molecule has 0 spiro atoms. The lowest BCUT2D eigenvalue weighted by molar-refractivity contribution is -0.384. The zero-order chi connectivity index (χ0) is 13.7. The molecule has 1 N–H and O–H groups in total. The molecule has 0 aliphatic carbocycles. The first-order valence-corrected chi connectivity index (χ1v) is 6.71. The van der Waals surface area contributed by atoms with Crippen molar-refractivity contribution in [1.82, 2.24) is 9.88 Å². The van der Waals surface area contributed by atoms with E-state index >= 15 is 0 Å². The van der Waals surface area contributed by atoms with Gasteiger partial charge in [0.25, 0.3) is 0 Å². The maximum Gasteiger partial charge on any atom is 0.310 e. The van der Waals surface area contributed by atoms with Crippen LogP contribution >= 0.6 is 0 Å². The van der Waals surface area contributed by atoms with Crippen LogP contribution in [0.3, 0.4) is 0 Å². The van der Waals surface area contributed by atoms with E-state index in [4.69, 9.17) is 0 Å². The molecule has 1 aromatic heterocycles. The Bertz CT molecular complexity index is 430. The Morgan fingerprint density at radius 3 is 2.95 bits per heavy atom. The van der Waals surface area contributed by atoms with Gasteiger partial charge in [0.2, 0.25) is 0 Å². The minimum Gasteiger partial charge on any atom is -0.378 e. The van der Waals surface area contributed by atoms with Gasteiger partial charge < -0.3 is 10.2 Å². The summed E-state index contributed by atoms with van der Waals surface area (Å²) in [6.45, 7) is 6.18. The Morgan fingerprint density at radius 1 is 1.53 bits per heavy atom. The fourth-order valence-electron chi connectivity index (χ4n) is 2.32. The summed E-state index contributed by atoms with van der Waals surface area (Å²) in [5, 5.41) is 14.0. The Morgan fingerprint density at radius 2 is 2.26 bits per heavy atom. The smallest absolute Gasteiger partial charge is 0.310 e. The molecule has 6 heteroatoms. The number of aromatic nitrogens is 1. The standard InChI is InChI=1S/C13H20N4O2/c1-11-3-7-16(8-4-11)9-6-15-12-2-5-14-10-13(12)17(18)19/h2,5,10-11H,3-4,6-9H2,1H3,(H,14,15). The van der Waals surface area contributed by atoms with E-state index in [1.807, 2.05) is 0 Å². The van der Waals surface area contributed by atoms with Crippen LogP contribution in [0.25, 0.3) is 0 Å². The normalized spacial score (nSPS) is 17.3. The number of likely N-dealkylation sites (tertiary alicyclic amines) is 1. The number of pyridine rings is 1. The second kappa shape index (κ2) is 6.47. The highest BCUT2D eigenvalue weighted by molar-refractivity contribution is 5.59. The van der Waals surface area contributed by atoms with Crippen LogP contribution in [0.5, 0.6) is 0 Å². The number of anilines is 1. The van der Waals surface area contributed by atoms with Gasteiger partial charge in [-0.15, -0.1) is 0 Å². The second-order valence-corrected chi connectivity index (χ2v) is 5.10. The van der Waals surface area contributed by atoms with Crippen molar-refractivity contribution in [2.24, 2.45) is 5.92 Å². The molecule has 1 saturated heterocycles. The number of nitrogens with one attached hydrogen (secondary N) is 1. The van der Waals surface area contributed by atoms with Crippen molar-refractivity contribution < 1.29 is 4.92 Å². The average molecular weight is 264 g/mol. The van der Waals surface area contributed by atoms with Crippen molar-refractivity contribution in [3.05, 3.63) is 28.6 Å². The average Bonchev–Trinajstić information content (AvgIpc) is 2.41. The van der Waals surface area contributed by atoms with Gasteiger partial charge in [0.1, 0.15) is 11.9 Å². The zero-order valence-electron chi connectivity index (χ0n) is 11.2. The van der Waals surface area contributed by atoms with Crippen LogP contribution in [0.1, 0.15) is 19.8 Å². The molecular weight excluding hydrogens is 244 g/mol. The fraction of sp³-hybridized carbons (Fsp3) is 0.615. The second-order valence-electron chi connectivity index (χ2n) is 5.10. The van der Waals surface area contributed by atoms with E-state index in [0.29, 0.717) is 5.69 Å². The van der Waals surface area contributed by atoms with E-state index in [9.17, 15) is 10.1 Å². The number of nitro groups is 1. The third kappa shape index (κ3) is 3.89. The predicted octanol–water partition coefficient (Wildman–Crippen LogP) is 2.13. The van der Waals surface area contributed by atoms with E-state index in [1.165, 1.54) is 19.0 Å². The quantitative estimate of drug-likeness (QED) is 0.651. The van der Waals surface area contributed by atoms with Crippen LogP contribution in [-0.4, -0.2) is 41.0 Å². The molecule has 6 nitrogen and oxygen atoms in total. The lowest BCUT2D eigenvalue weighted by atomic mass is 9.99. The number of hydrogen-bond acceptors (Lipinski definition) is 5. The van der Waals surface area contributed by atoms with Gasteiger partial charge in [-0.05, 0) is 37.9 Å². The van der Waals surface area contributed by atoms with E-state index in [2.05, 4.69) is 22.1 Å². The predicted molar refractivity (Wildman–Crippen MR) is 74.2 cm³/mol. The summed E-state index contributed by atoms with van der Waals surface area (Å²) in [6.07, 6.45) is 5.34. The molecule has 0 atom stereocenters. The molecule has 1 fully saturated rings. The summed E-state index contributed by atoms with van der Waals surface area (Å²) in [5.74, 6) is 0.825. The SMILES string of the molecule is CC1CCN(CCNc2ccncc2[N+](=O)[O-])CC1. The topological polar surface area (TPSA) is 71.3 Å². The molecular formula is C13H20N4O2. The van der Waals surface area contributed by atoms with Gasteiger partial charge in [0, 0.05) is 19.3 Å². The molecule has 0 aromatic carbocycles. The molecule has 2 heterocycles. The Kier molecular flexibility index (Phi) is 4.68. The Hall–Kier alpha value is -1.69. The first kappa shape index (κ1) is 13.7. The lowest BCUT2D eigenvalue weighted by Crippen LogP contribution is -2.36. The Balaban J connectivity index is 1.81. The van der Waals surface area contributed by atoms with Crippen molar-refractivity contribution in [1.29, 1.82) is 0 Å². The van der Waals surface area contributed by atoms with Gasteiger partial charge in [-0.2, -0.15) is 0 Å². The van der Waals surface area contributed by atoms with E-state index in [1.54, 1.807) is 12.3 Å². The largest absolute Gasteiger partial charge is 0.378 e. The number of hydrogen-bond donors (Lipinski definition) is 1. The molecule has 2 rings (SSSR count). The summed E-state index contributed by atoms with van der Waals surface area (Å²) in [5.41, 5.74) is 0.583. The molecule has 19 heavy (non-hydrogen) atoms. The first-order valence-electron chi connectivity index (χ1n) is 6.71. The molecule has 0 radical (unpaired) electrons. The molecule has 0 unspecified atom stereocenters. The monoisotopic (exact) mass is 264 g/mol. The molecule has 1 aliphatic heterocycles. The van der Waals surface area contributed by atoms with Crippen LogP contribution in [0.2, 0.25) is 0 Å². The van der Waals surface area contributed by atoms with Gasteiger partial charge in [0.05, 0.1) is 4.92 Å². The molecule has 1 aliphatic rings. The van der Waals surface area contributed by atoms with E-state index in [0.717, 1.165) is 32.1 Å². The third-order valence-electron chi connectivity index (χ3n) is 3.62. The van der Waals surface area contributed by atoms with Crippen LogP contribution in [0, 0.1) is 16.0 Å². The van der Waals surface area contributed by atoms with Crippen molar-refractivity contribution in [3.8, 4) is 0 Å². The summed E-state index contributed by atoms with van der Waals surface area (Å²) in [4.78, 5) is 16.6. The van der Waals surface area contributed by atoms with Crippen LogP contribution in [-0.2, 0) is 0 Å². The molecule has 0 saturated carbocycles. The summed E-state index contributed by atoms with van der Waals surface area (Å²) in [7, 11) is 0.